The highest BCUT2D eigenvalue weighted by Gasteiger charge is 2.42. The lowest BCUT2D eigenvalue weighted by Crippen LogP contribution is -2.58. The summed E-state index contributed by atoms with van der Waals surface area (Å²) in [6.45, 7) is 12.1. The van der Waals surface area contributed by atoms with Gasteiger partial charge >= 0.3 is 0 Å². The van der Waals surface area contributed by atoms with E-state index in [1.807, 2.05) is 0 Å². The van der Waals surface area contributed by atoms with E-state index in [0.29, 0.717) is 0 Å². The minimum atomic E-state index is 0.134. The van der Waals surface area contributed by atoms with Crippen molar-refractivity contribution in [3.8, 4) is 0 Å². The van der Waals surface area contributed by atoms with Crippen LogP contribution in [0.15, 0.2) is 0 Å². The maximum Gasteiger partial charge on any atom is 0.0685 e. The van der Waals surface area contributed by atoms with E-state index >= 15 is 0 Å². The van der Waals surface area contributed by atoms with Gasteiger partial charge in [0.15, 0.2) is 0 Å². The first-order valence-corrected chi connectivity index (χ1v) is 6.15. The molecule has 1 fully saturated rings. The van der Waals surface area contributed by atoms with Crippen LogP contribution >= 0.6 is 0 Å². The average molecular weight is 212 g/mol. The molecule has 1 aliphatic rings. The van der Waals surface area contributed by atoms with Gasteiger partial charge in [0.05, 0.1) is 6.61 Å². The number of nitrogens with zero attached hydrogens (tertiary/aromatic N) is 1. The highest BCUT2D eigenvalue weighted by Crippen LogP contribution is 2.37. The van der Waals surface area contributed by atoms with Crippen LogP contribution in [0.1, 0.15) is 60.3 Å². The Kier molecular flexibility index (Phi) is 4.19. The molecule has 0 amide bonds. The van der Waals surface area contributed by atoms with Crippen molar-refractivity contribution in [2.75, 3.05) is 6.61 Å². The van der Waals surface area contributed by atoms with Crippen molar-refractivity contribution < 1.29 is 4.84 Å². The first-order chi connectivity index (χ1) is 6.90. The monoisotopic (exact) mass is 212 g/mol. The largest absolute Gasteiger partial charge is 0.298 e. The molecular formula is C13H26NO. The molecule has 0 unspecified atom stereocenters. The lowest BCUT2D eigenvalue weighted by atomic mass is 9.82. The number of unbranched alkanes of at least 4 members (excludes halogenated alkanes) is 1. The van der Waals surface area contributed by atoms with Crippen LogP contribution in [-0.4, -0.2) is 22.7 Å². The second-order valence-electron chi connectivity index (χ2n) is 5.80. The minimum Gasteiger partial charge on any atom is -0.298 e. The van der Waals surface area contributed by atoms with Crippen molar-refractivity contribution in [1.82, 2.24) is 5.06 Å². The Morgan fingerprint density at radius 3 is 2.13 bits per heavy atom. The van der Waals surface area contributed by atoms with Gasteiger partial charge in [0.25, 0.3) is 0 Å². The van der Waals surface area contributed by atoms with Gasteiger partial charge in [-0.1, -0.05) is 13.3 Å². The summed E-state index contributed by atoms with van der Waals surface area (Å²) in [6, 6.07) is 0. The molecule has 1 saturated heterocycles. The Labute approximate surface area is 94.9 Å². The summed E-state index contributed by atoms with van der Waals surface area (Å²) in [5.41, 5.74) is 0.269. The fraction of sp³-hybridized carbons (Fsp3) is 0.923. The molecule has 0 aromatic carbocycles. The first kappa shape index (κ1) is 13.0. The average Bonchev–Trinajstić information content (AvgIpc) is 2.09. The summed E-state index contributed by atoms with van der Waals surface area (Å²) in [5, 5.41) is 2.22. The molecule has 0 spiro atoms. The molecule has 0 aromatic rings. The summed E-state index contributed by atoms with van der Waals surface area (Å²) in [4.78, 5) is 5.97. The molecule has 2 heteroatoms. The Morgan fingerprint density at radius 1 is 1.13 bits per heavy atom. The number of rotatable bonds is 4. The van der Waals surface area contributed by atoms with Gasteiger partial charge in [-0.3, -0.25) is 4.84 Å². The standard InChI is InChI=1S/C13H26NO/c1-6-7-11-15-14-12(2,3)9-8-10-13(14,4)5/h8H,6-7,9-11H2,1-5H3. The van der Waals surface area contributed by atoms with E-state index in [1.54, 1.807) is 0 Å². The molecule has 1 heterocycles. The molecule has 0 bridgehead atoms. The van der Waals surface area contributed by atoms with Crippen molar-refractivity contribution in [3.63, 3.8) is 0 Å². The maximum atomic E-state index is 5.97. The second-order valence-corrected chi connectivity index (χ2v) is 5.80. The van der Waals surface area contributed by atoms with E-state index in [0.717, 1.165) is 25.9 Å². The third-order valence-electron chi connectivity index (χ3n) is 3.11. The fourth-order valence-corrected chi connectivity index (χ4v) is 2.41. The number of hydroxylamine groups is 2. The Bertz CT molecular complexity index is 183. The van der Waals surface area contributed by atoms with Crippen LogP contribution in [0.2, 0.25) is 0 Å². The van der Waals surface area contributed by atoms with Crippen molar-refractivity contribution in [2.45, 2.75) is 71.4 Å². The fourth-order valence-electron chi connectivity index (χ4n) is 2.41. The van der Waals surface area contributed by atoms with Crippen LogP contribution in [0.25, 0.3) is 0 Å². The SMILES string of the molecule is CCCCON1C(C)(C)C[CH]CC1(C)C. The molecular weight excluding hydrogens is 186 g/mol. The summed E-state index contributed by atoms with van der Waals surface area (Å²) in [5.74, 6) is 0. The highest BCUT2D eigenvalue weighted by molar-refractivity contribution is 4.99. The van der Waals surface area contributed by atoms with E-state index in [-0.39, 0.29) is 11.1 Å². The van der Waals surface area contributed by atoms with E-state index in [4.69, 9.17) is 4.84 Å². The summed E-state index contributed by atoms with van der Waals surface area (Å²) in [7, 11) is 0. The third kappa shape index (κ3) is 3.18. The van der Waals surface area contributed by atoms with Crippen LogP contribution < -0.4 is 0 Å². The quantitative estimate of drug-likeness (QED) is 0.660. The lowest BCUT2D eigenvalue weighted by molar-refractivity contribution is -0.274. The molecule has 1 aliphatic heterocycles. The Balaban J connectivity index is 2.60. The van der Waals surface area contributed by atoms with Gasteiger partial charge in [-0.05, 0) is 53.4 Å². The van der Waals surface area contributed by atoms with E-state index < -0.39 is 0 Å². The third-order valence-corrected chi connectivity index (χ3v) is 3.11. The van der Waals surface area contributed by atoms with Gasteiger partial charge in [0.1, 0.15) is 0 Å². The van der Waals surface area contributed by atoms with Crippen LogP contribution in [0.3, 0.4) is 0 Å². The number of piperidine rings is 1. The smallest absolute Gasteiger partial charge is 0.0685 e. The second kappa shape index (κ2) is 4.84. The first-order valence-electron chi connectivity index (χ1n) is 6.15. The lowest BCUT2D eigenvalue weighted by Gasteiger charge is -2.51. The molecule has 0 N–H and O–H groups in total. The normalized spacial score (nSPS) is 25.4. The number of hydrogen-bond acceptors (Lipinski definition) is 2. The summed E-state index contributed by atoms with van der Waals surface area (Å²) >= 11 is 0. The Hall–Kier alpha value is -0.0800. The van der Waals surface area contributed by atoms with E-state index in [1.165, 1.54) is 6.42 Å². The van der Waals surface area contributed by atoms with Gasteiger partial charge < -0.3 is 0 Å². The molecule has 15 heavy (non-hydrogen) atoms. The van der Waals surface area contributed by atoms with Crippen LogP contribution in [0, 0.1) is 6.42 Å². The molecule has 0 aromatic heterocycles. The Morgan fingerprint density at radius 2 is 1.67 bits per heavy atom. The minimum absolute atomic E-state index is 0.134. The topological polar surface area (TPSA) is 12.5 Å². The van der Waals surface area contributed by atoms with Crippen LogP contribution in [-0.2, 0) is 4.84 Å². The molecule has 0 atom stereocenters. The van der Waals surface area contributed by atoms with Crippen molar-refractivity contribution in [2.24, 2.45) is 0 Å². The summed E-state index contributed by atoms with van der Waals surface area (Å²) < 4.78 is 0. The predicted octanol–water partition coefficient (Wildman–Crippen LogP) is 3.58. The zero-order valence-corrected chi connectivity index (χ0v) is 11.0. The van der Waals surface area contributed by atoms with Gasteiger partial charge in [-0.15, -0.1) is 0 Å². The van der Waals surface area contributed by atoms with Crippen molar-refractivity contribution >= 4 is 0 Å². The van der Waals surface area contributed by atoms with E-state index in [2.05, 4.69) is 46.1 Å². The van der Waals surface area contributed by atoms with Gasteiger partial charge in [0, 0.05) is 11.1 Å². The predicted molar refractivity (Wildman–Crippen MR) is 64.4 cm³/mol. The van der Waals surface area contributed by atoms with Crippen molar-refractivity contribution in [1.29, 1.82) is 0 Å². The van der Waals surface area contributed by atoms with Crippen molar-refractivity contribution in [3.05, 3.63) is 6.42 Å². The summed E-state index contributed by atoms with van der Waals surface area (Å²) in [6.07, 6.45) is 6.96. The molecule has 1 rings (SSSR count). The van der Waals surface area contributed by atoms with Crippen LogP contribution in [0.4, 0.5) is 0 Å². The molecule has 1 radical (unpaired) electrons. The molecule has 0 saturated carbocycles. The van der Waals surface area contributed by atoms with Gasteiger partial charge in [-0.2, -0.15) is 5.06 Å². The maximum absolute atomic E-state index is 5.97. The zero-order valence-electron chi connectivity index (χ0n) is 11.0. The molecule has 0 aliphatic carbocycles. The molecule has 2 nitrogen and oxygen atoms in total. The van der Waals surface area contributed by atoms with E-state index in [9.17, 15) is 0 Å². The highest BCUT2D eigenvalue weighted by atomic mass is 16.7. The van der Waals surface area contributed by atoms with Gasteiger partial charge in [-0.25, -0.2) is 0 Å². The molecule has 89 valence electrons. The van der Waals surface area contributed by atoms with Crippen LogP contribution in [0.5, 0.6) is 0 Å². The zero-order chi connectivity index (χ0) is 11.5. The van der Waals surface area contributed by atoms with Gasteiger partial charge in [0.2, 0.25) is 0 Å². The number of hydrogen-bond donors (Lipinski definition) is 0.